The van der Waals surface area contributed by atoms with Gasteiger partial charge in [0.1, 0.15) is 0 Å². The monoisotopic (exact) mass is 298 g/mol. The minimum absolute atomic E-state index is 0.154. The van der Waals surface area contributed by atoms with Gasteiger partial charge < -0.3 is 5.11 Å². The molecule has 2 rings (SSSR count). The number of hydrogen-bond donors (Lipinski definition) is 1. The number of hydrogen-bond acceptors (Lipinski definition) is 1. The summed E-state index contributed by atoms with van der Waals surface area (Å²) in [5, 5.41) is 11.5. The number of carbonyl (C=O) groups is 1. The third-order valence-corrected chi connectivity index (χ3v) is 4.46. The van der Waals surface area contributed by atoms with E-state index in [1.54, 1.807) is 0 Å². The van der Waals surface area contributed by atoms with Gasteiger partial charge in [0.25, 0.3) is 0 Å². The fourth-order valence-electron chi connectivity index (χ4n) is 3.05. The number of rotatable bonds is 7. The Morgan fingerprint density at radius 2 is 1.45 bits per heavy atom. The first-order chi connectivity index (χ1) is 10.5. The SMILES string of the molecule is CCC(C)Cc1ccc(CC(C)CC(=O)O)c2ccccc12. The van der Waals surface area contributed by atoms with Gasteiger partial charge in [0.15, 0.2) is 0 Å². The quantitative estimate of drug-likeness (QED) is 0.773. The highest BCUT2D eigenvalue weighted by Crippen LogP contribution is 2.27. The molecule has 2 nitrogen and oxygen atoms in total. The van der Waals surface area contributed by atoms with Gasteiger partial charge in [-0.15, -0.1) is 0 Å². The maximum Gasteiger partial charge on any atom is 0.303 e. The summed E-state index contributed by atoms with van der Waals surface area (Å²) in [5.41, 5.74) is 2.66. The number of benzene rings is 2. The van der Waals surface area contributed by atoms with Crippen LogP contribution in [0.1, 0.15) is 44.7 Å². The Balaban J connectivity index is 2.33. The summed E-state index contributed by atoms with van der Waals surface area (Å²) >= 11 is 0. The molecular formula is C20H26O2. The number of aliphatic carboxylic acids is 1. The molecule has 0 aliphatic heterocycles. The lowest BCUT2D eigenvalue weighted by molar-refractivity contribution is -0.137. The molecule has 0 fully saturated rings. The lowest BCUT2D eigenvalue weighted by atomic mass is 9.89. The molecule has 1 N–H and O–H groups in total. The second-order valence-corrected chi connectivity index (χ2v) is 6.55. The minimum Gasteiger partial charge on any atom is -0.481 e. The fraction of sp³-hybridized carbons (Fsp3) is 0.450. The molecule has 0 spiro atoms. The van der Waals surface area contributed by atoms with Crippen molar-refractivity contribution in [3.05, 3.63) is 47.5 Å². The first-order valence-corrected chi connectivity index (χ1v) is 8.22. The first kappa shape index (κ1) is 16.5. The molecule has 0 saturated carbocycles. The van der Waals surface area contributed by atoms with Gasteiger partial charge >= 0.3 is 5.97 Å². The Hall–Kier alpha value is -1.83. The maximum atomic E-state index is 10.9. The van der Waals surface area contributed by atoms with Crippen LogP contribution in [0.25, 0.3) is 10.8 Å². The molecule has 2 aromatic carbocycles. The molecule has 2 aromatic rings. The van der Waals surface area contributed by atoms with Crippen LogP contribution in [0.4, 0.5) is 0 Å². The molecule has 0 heterocycles. The van der Waals surface area contributed by atoms with Gasteiger partial charge in [-0.3, -0.25) is 4.79 Å². The average molecular weight is 298 g/mol. The Morgan fingerprint density at radius 3 is 1.91 bits per heavy atom. The van der Waals surface area contributed by atoms with Crippen molar-refractivity contribution in [2.24, 2.45) is 11.8 Å². The highest BCUT2D eigenvalue weighted by Gasteiger charge is 2.13. The Bertz CT molecular complexity index is 645. The highest BCUT2D eigenvalue weighted by atomic mass is 16.4. The normalized spacial score (nSPS) is 14.0. The van der Waals surface area contributed by atoms with Crippen LogP contribution in [0.3, 0.4) is 0 Å². The molecule has 0 amide bonds. The van der Waals surface area contributed by atoms with Gasteiger partial charge in [0.05, 0.1) is 0 Å². The van der Waals surface area contributed by atoms with Gasteiger partial charge in [0, 0.05) is 6.42 Å². The van der Waals surface area contributed by atoms with E-state index in [1.807, 2.05) is 6.92 Å². The second kappa shape index (κ2) is 7.44. The fourth-order valence-corrected chi connectivity index (χ4v) is 3.05. The van der Waals surface area contributed by atoms with Crippen molar-refractivity contribution in [2.45, 2.75) is 46.5 Å². The summed E-state index contributed by atoms with van der Waals surface area (Å²) in [6.07, 6.45) is 3.33. The van der Waals surface area contributed by atoms with E-state index in [0.29, 0.717) is 5.92 Å². The summed E-state index contributed by atoms with van der Waals surface area (Å²) in [6.45, 7) is 6.53. The second-order valence-electron chi connectivity index (χ2n) is 6.55. The molecule has 0 bridgehead atoms. The molecule has 118 valence electrons. The van der Waals surface area contributed by atoms with Crippen LogP contribution in [0.5, 0.6) is 0 Å². The number of fused-ring (bicyclic) bond motifs is 1. The Labute approximate surface area is 133 Å². The third kappa shape index (κ3) is 4.09. The van der Waals surface area contributed by atoms with E-state index in [2.05, 4.69) is 50.2 Å². The van der Waals surface area contributed by atoms with Crippen LogP contribution < -0.4 is 0 Å². The van der Waals surface area contributed by atoms with Crippen LogP contribution in [0.15, 0.2) is 36.4 Å². The van der Waals surface area contributed by atoms with Crippen molar-refractivity contribution in [3.63, 3.8) is 0 Å². The Kier molecular flexibility index (Phi) is 5.59. The van der Waals surface area contributed by atoms with Crippen LogP contribution in [-0.2, 0) is 17.6 Å². The summed E-state index contributed by atoms with van der Waals surface area (Å²) in [5.74, 6) is 0.117. The minimum atomic E-state index is -0.717. The zero-order valence-electron chi connectivity index (χ0n) is 13.8. The van der Waals surface area contributed by atoms with Crippen molar-refractivity contribution in [3.8, 4) is 0 Å². The molecule has 0 aromatic heterocycles. The zero-order valence-corrected chi connectivity index (χ0v) is 13.8. The smallest absolute Gasteiger partial charge is 0.303 e. The lowest BCUT2D eigenvalue weighted by Crippen LogP contribution is -2.08. The summed E-state index contributed by atoms with van der Waals surface area (Å²) < 4.78 is 0. The third-order valence-electron chi connectivity index (χ3n) is 4.46. The van der Waals surface area contributed by atoms with E-state index >= 15 is 0 Å². The predicted octanol–water partition coefficient (Wildman–Crippen LogP) is 5.08. The molecule has 0 radical (unpaired) electrons. The van der Waals surface area contributed by atoms with E-state index < -0.39 is 5.97 Å². The molecule has 0 saturated heterocycles. The molecule has 2 heteroatoms. The summed E-state index contributed by atoms with van der Waals surface area (Å²) in [7, 11) is 0. The maximum absolute atomic E-state index is 10.9. The van der Waals surface area contributed by atoms with Crippen LogP contribution in [0, 0.1) is 11.8 Å². The number of carboxylic acids is 1. The van der Waals surface area contributed by atoms with Crippen molar-refractivity contribution in [1.29, 1.82) is 0 Å². The average Bonchev–Trinajstić information content (AvgIpc) is 2.48. The number of carboxylic acid groups (broad SMARTS) is 1. The van der Waals surface area contributed by atoms with Gasteiger partial charge in [-0.2, -0.15) is 0 Å². The molecule has 2 unspecified atom stereocenters. The summed E-state index contributed by atoms with van der Waals surface area (Å²) in [4.78, 5) is 10.9. The van der Waals surface area contributed by atoms with Gasteiger partial charge in [-0.1, -0.05) is 63.6 Å². The van der Waals surface area contributed by atoms with Crippen molar-refractivity contribution in [1.82, 2.24) is 0 Å². The lowest BCUT2D eigenvalue weighted by Gasteiger charge is -2.16. The van der Waals surface area contributed by atoms with E-state index in [0.717, 1.165) is 12.8 Å². The van der Waals surface area contributed by atoms with Gasteiger partial charge in [-0.25, -0.2) is 0 Å². The van der Waals surface area contributed by atoms with Crippen LogP contribution in [-0.4, -0.2) is 11.1 Å². The molecule has 2 atom stereocenters. The van der Waals surface area contributed by atoms with E-state index in [-0.39, 0.29) is 12.3 Å². The zero-order chi connectivity index (χ0) is 16.1. The highest BCUT2D eigenvalue weighted by molar-refractivity contribution is 5.88. The van der Waals surface area contributed by atoms with E-state index in [9.17, 15) is 4.79 Å². The standard InChI is InChI=1S/C20H26O2/c1-4-14(2)11-16-9-10-17(12-15(3)13-20(21)22)19-8-6-5-7-18(16)19/h5-10,14-15H,4,11-13H2,1-3H3,(H,21,22). The van der Waals surface area contributed by atoms with Crippen LogP contribution in [0.2, 0.25) is 0 Å². The molecule has 0 aliphatic carbocycles. The summed E-state index contributed by atoms with van der Waals surface area (Å²) in [6, 6.07) is 12.9. The van der Waals surface area contributed by atoms with Crippen molar-refractivity contribution in [2.75, 3.05) is 0 Å². The first-order valence-electron chi connectivity index (χ1n) is 8.22. The van der Waals surface area contributed by atoms with E-state index in [4.69, 9.17) is 5.11 Å². The topological polar surface area (TPSA) is 37.3 Å². The largest absolute Gasteiger partial charge is 0.481 e. The predicted molar refractivity (Wildman–Crippen MR) is 92.2 cm³/mol. The van der Waals surface area contributed by atoms with Crippen LogP contribution >= 0.6 is 0 Å². The molecule has 22 heavy (non-hydrogen) atoms. The van der Waals surface area contributed by atoms with Gasteiger partial charge in [-0.05, 0) is 46.6 Å². The van der Waals surface area contributed by atoms with Gasteiger partial charge in [0.2, 0.25) is 0 Å². The molecular weight excluding hydrogens is 272 g/mol. The van der Waals surface area contributed by atoms with Crippen molar-refractivity contribution >= 4 is 16.7 Å². The van der Waals surface area contributed by atoms with Crippen molar-refractivity contribution < 1.29 is 9.90 Å². The Morgan fingerprint density at radius 1 is 0.955 bits per heavy atom. The van der Waals surface area contributed by atoms with E-state index in [1.165, 1.54) is 28.3 Å². The molecule has 0 aliphatic rings.